The Kier molecular flexibility index (Phi) is 5.98. The van der Waals surface area contributed by atoms with E-state index in [9.17, 15) is 0 Å². The Labute approximate surface area is 175 Å². The van der Waals surface area contributed by atoms with Gasteiger partial charge in [-0.3, -0.25) is 9.97 Å². The number of anilines is 5. The first-order valence-electron chi connectivity index (χ1n) is 10.1. The molecule has 3 N–H and O–H groups in total. The van der Waals surface area contributed by atoms with E-state index in [0.717, 1.165) is 48.6 Å². The average molecular weight is 403 g/mol. The first kappa shape index (κ1) is 19.6. The van der Waals surface area contributed by atoms with Crippen LogP contribution in [0.4, 0.5) is 29.1 Å². The fraction of sp³-hybridized carbons (Fsp3) is 0.286. The Balaban J connectivity index is 1.75. The quantitative estimate of drug-likeness (QED) is 0.380. The fourth-order valence-corrected chi connectivity index (χ4v) is 3.22. The SMILES string of the molecule is CCCN(CCC)c1nc(Nc2cccnc2)nc2[nH]c(Nc3cccnc3)nc12. The molecule has 4 heterocycles. The molecule has 0 aliphatic carbocycles. The van der Waals surface area contributed by atoms with Crippen LogP contribution in [0.2, 0.25) is 0 Å². The van der Waals surface area contributed by atoms with Crippen LogP contribution in [0.3, 0.4) is 0 Å². The van der Waals surface area contributed by atoms with Crippen molar-refractivity contribution in [3.63, 3.8) is 0 Å². The standard InChI is InChI=1S/C21H25N9/c1-3-11-30(12-4-2)19-17-18(27-20(26-17)24-15-7-5-9-22-13-15)28-21(29-19)25-16-8-6-10-23-14-16/h5-10,13-14H,3-4,11-12H2,1-2H3,(H3,24,25,26,27,28,29). The van der Waals surface area contributed by atoms with Gasteiger partial charge in [0.25, 0.3) is 0 Å². The molecule has 0 aliphatic rings. The summed E-state index contributed by atoms with van der Waals surface area (Å²) < 4.78 is 0. The van der Waals surface area contributed by atoms with E-state index in [1.165, 1.54) is 0 Å². The highest BCUT2D eigenvalue weighted by molar-refractivity contribution is 5.87. The van der Waals surface area contributed by atoms with E-state index >= 15 is 0 Å². The summed E-state index contributed by atoms with van der Waals surface area (Å²) in [6, 6.07) is 7.60. The van der Waals surface area contributed by atoms with Crippen molar-refractivity contribution in [3.8, 4) is 0 Å². The first-order valence-corrected chi connectivity index (χ1v) is 10.1. The number of imidazole rings is 1. The molecule has 0 unspecified atom stereocenters. The van der Waals surface area contributed by atoms with Crippen molar-refractivity contribution in [1.82, 2.24) is 29.9 Å². The van der Waals surface area contributed by atoms with Gasteiger partial charge in [0.2, 0.25) is 11.9 Å². The summed E-state index contributed by atoms with van der Waals surface area (Å²) in [6.45, 7) is 6.11. The van der Waals surface area contributed by atoms with Gasteiger partial charge in [-0.15, -0.1) is 0 Å². The second-order valence-corrected chi connectivity index (χ2v) is 6.87. The van der Waals surface area contributed by atoms with Crippen molar-refractivity contribution < 1.29 is 0 Å². The lowest BCUT2D eigenvalue weighted by Crippen LogP contribution is -2.26. The lowest BCUT2D eigenvalue weighted by atomic mass is 10.3. The topological polar surface area (TPSA) is 108 Å². The second-order valence-electron chi connectivity index (χ2n) is 6.87. The Morgan fingerprint density at radius 3 is 2.13 bits per heavy atom. The maximum absolute atomic E-state index is 4.81. The molecule has 0 radical (unpaired) electrons. The molecule has 0 aliphatic heterocycles. The highest BCUT2D eigenvalue weighted by Gasteiger charge is 2.18. The van der Waals surface area contributed by atoms with Crippen LogP contribution in [0, 0.1) is 0 Å². The summed E-state index contributed by atoms with van der Waals surface area (Å²) >= 11 is 0. The van der Waals surface area contributed by atoms with E-state index in [4.69, 9.17) is 9.97 Å². The van der Waals surface area contributed by atoms with Crippen molar-refractivity contribution in [2.75, 3.05) is 28.6 Å². The molecule has 0 saturated carbocycles. The van der Waals surface area contributed by atoms with Crippen LogP contribution in [0.5, 0.6) is 0 Å². The smallest absolute Gasteiger partial charge is 0.231 e. The average Bonchev–Trinajstić information content (AvgIpc) is 3.17. The summed E-state index contributed by atoms with van der Waals surface area (Å²) in [5.74, 6) is 1.91. The molecule has 0 atom stereocenters. The second kappa shape index (κ2) is 9.17. The molecule has 154 valence electrons. The van der Waals surface area contributed by atoms with Gasteiger partial charge < -0.3 is 20.5 Å². The van der Waals surface area contributed by atoms with Crippen LogP contribution in [0.1, 0.15) is 26.7 Å². The molecule has 0 aromatic carbocycles. The fourth-order valence-electron chi connectivity index (χ4n) is 3.22. The van der Waals surface area contributed by atoms with Crippen molar-refractivity contribution >= 4 is 40.3 Å². The normalized spacial score (nSPS) is 10.9. The molecule has 30 heavy (non-hydrogen) atoms. The van der Waals surface area contributed by atoms with E-state index in [0.29, 0.717) is 17.5 Å². The van der Waals surface area contributed by atoms with Crippen LogP contribution in [0.15, 0.2) is 49.1 Å². The highest BCUT2D eigenvalue weighted by atomic mass is 15.3. The van der Waals surface area contributed by atoms with Gasteiger partial charge in [0, 0.05) is 25.5 Å². The number of rotatable bonds is 9. The van der Waals surface area contributed by atoms with Gasteiger partial charge in [-0.2, -0.15) is 9.97 Å². The Morgan fingerprint density at radius 2 is 1.53 bits per heavy atom. The number of hydrogen-bond acceptors (Lipinski definition) is 8. The maximum atomic E-state index is 4.81. The van der Waals surface area contributed by atoms with Crippen molar-refractivity contribution in [2.45, 2.75) is 26.7 Å². The highest BCUT2D eigenvalue weighted by Crippen LogP contribution is 2.27. The number of nitrogens with zero attached hydrogens (tertiary/aromatic N) is 6. The molecular weight excluding hydrogens is 378 g/mol. The summed E-state index contributed by atoms with van der Waals surface area (Å²) in [7, 11) is 0. The Hall–Kier alpha value is -3.75. The molecule has 0 saturated heterocycles. The lowest BCUT2D eigenvalue weighted by Gasteiger charge is -2.23. The van der Waals surface area contributed by atoms with Gasteiger partial charge in [0.05, 0.1) is 23.8 Å². The predicted octanol–water partition coefficient (Wildman–Crippen LogP) is 4.26. The van der Waals surface area contributed by atoms with Gasteiger partial charge in [0.1, 0.15) is 0 Å². The third-order valence-corrected chi connectivity index (χ3v) is 4.45. The van der Waals surface area contributed by atoms with E-state index in [1.54, 1.807) is 24.8 Å². The monoisotopic (exact) mass is 403 g/mol. The van der Waals surface area contributed by atoms with Crippen LogP contribution in [-0.4, -0.2) is 43.0 Å². The molecular formula is C21H25N9. The minimum Gasteiger partial charge on any atom is -0.355 e. The minimum atomic E-state index is 0.499. The number of aromatic amines is 1. The van der Waals surface area contributed by atoms with Crippen molar-refractivity contribution in [2.24, 2.45) is 0 Å². The zero-order chi connectivity index (χ0) is 20.8. The van der Waals surface area contributed by atoms with Crippen molar-refractivity contribution in [1.29, 1.82) is 0 Å². The molecule has 4 aromatic heterocycles. The zero-order valence-electron chi connectivity index (χ0n) is 17.1. The van der Waals surface area contributed by atoms with Gasteiger partial charge in [0.15, 0.2) is 17.0 Å². The van der Waals surface area contributed by atoms with Gasteiger partial charge in [-0.1, -0.05) is 13.8 Å². The molecule has 9 nitrogen and oxygen atoms in total. The Bertz CT molecular complexity index is 1070. The summed E-state index contributed by atoms with van der Waals surface area (Å²) in [5, 5.41) is 6.49. The summed E-state index contributed by atoms with van der Waals surface area (Å²) in [6.07, 6.45) is 8.98. The first-order chi connectivity index (χ1) is 14.8. The van der Waals surface area contributed by atoms with Crippen LogP contribution in [-0.2, 0) is 0 Å². The lowest BCUT2D eigenvalue weighted by molar-refractivity contribution is 0.736. The van der Waals surface area contributed by atoms with Gasteiger partial charge in [-0.05, 0) is 37.1 Å². The number of pyridine rings is 2. The predicted molar refractivity (Wildman–Crippen MR) is 120 cm³/mol. The largest absolute Gasteiger partial charge is 0.355 e. The molecule has 0 spiro atoms. The molecule has 0 fully saturated rings. The number of fused-ring (bicyclic) bond motifs is 1. The van der Waals surface area contributed by atoms with E-state index in [2.05, 4.69) is 49.3 Å². The number of aromatic nitrogens is 6. The molecule has 0 bridgehead atoms. The van der Waals surface area contributed by atoms with Crippen LogP contribution in [0.25, 0.3) is 11.2 Å². The Morgan fingerprint density at radius 1 is 0.867 bits per heavy atom. The summed E-state index contributed by atoms with van der Waals surface area (Å²) in [4.78, 5) is 28.0. The third kappa shape index (κ3) is 4.45. The van der Waals surface area contributed by atoms with Gasteiger partial charge >= 0.3 is 0 Å². The molecule has 0 amide bonds. The van der Waals surface area contributed by atoms with Crippen LogP contribution < -0.4 is 15.5 Å². The third-order valence-electron chi connectivity index (χ3n) is 4.45. The van der Waals surface area contributed by atoms with Gasteiger partial charge in [-0.25, -0.2) is 4.98 Å². The summed E-state index contributed by atoms with van der Waals surface area (Å²) in [5.41, 5.74) is 3.07. The number of H-pyrrole nitrogens is 1. The van der Waals surface area contributed by atoms with E-state index < -0.39 is 0 Å². The number of hydrogen-bond donors (Lipinski definition) is 3. The van der Waals surface area contributed by atoms with Crippen molar-refractivity contribution in [3.05, 3.63) is 49.1 Å². The minimum absolute atomic E-state index is 0.499. The van der Waals surface area contributed by atoms with E-state index in [1.807, 2.05) is 24.3 Å². The number of nitrogens with one attached hydrogen (secondary N) is 3. The maximum Gasteiger partial charge on any atom is 0.231 e. The van der Waals surface area contributed by atoms with Crippen LogP contribution >= 0.6 is 0 Å². The molecule has 9 heteroatoms. The molecule has 4 aromatic rings. The van der Waals surface area contributed by atoms with E-state index in [-0.39, 0.29) is 0 Å². The molecule has 4 rings (SSSR count). The zero-order valence-corrected chi connectivity index (χ0v) is 17.1.